The molecule has 0 spiro atoms. The standard InChI is InChI=1S/C18H20N2.C8H10.2C2H6/c1-3-14(2)16-11-7-8-12-17(16)18(19)20-13-15-9-5-4-6-10-15;1-7-5-3-4-6-8(7)2;2*1-2/h3-12,18,20H,1-2,13,19H2;3-6H,1-2H3;2*1-2H3. The highest BCUT2D eigenvalue weighted by Crippen LogP contribution is 2.22. The lowest BCUT2D eigenvalue weighted by molar-refractivity contribution is 0.551. The van der Waals surface area contributed by atoms with Gasteiger partial charge in [0.15, 0.2) is 0 Å². The van der Waals surface area contributed by atoms with Gasteiger partial charge in [0.05, 0.1) is 6.17 Å². The summed E-state index contributed by atoms with van der Waals surface area (Å²) in [6.45, 7) is 20.7. The Morgan fingerprint density at radius 2 is 1.28 bits per heavy atom. The molecule has 0 bridgehead atoms. The van der Waals surface area contributed by atoms with Gasteiger partial charge in [-0.25, -0.2) is 0 Å². The fourth-order valence-electron chi connectivity index (χ4n) is 2.77. The van der Waals surface area contributed by atoms with Gasteiger partial charge in [-0.2, -0.15) is 0 Å². The quantitative estimate of drug-likeness (QED) is 0.307. The summed E-state index contributed by atoms with van der Waals surface area (Å²) in [6, 6.07) is 26.6. The molecule has 0 radical (unpaired) electrons. The van der Waals surface area contributed by atoms with Crippen LogP contribution in [-0.2, 0) is 6.54 Å². The minimum absolute atomic E-state index is 0.233. The maximum Gasteiger partial charge on any atom is 0.0818 e. The largest absolute Gasteiger partial charge is 0.312 e. The Hall–Kier alpha value is -2.94. The van der Waals surface area contributed by atoms with E-state index >= 15 is 0 Å². The third-order valence-electron chi connectivity index (χ3n) is 4.68. The van der Waals surface area contributed by atoms with Gasteiger partial charge >= 0.3 is 0 Å². The SMILES string of the molecule is C=CC(=C)c1ccccc1C(N)NCc1ccccc1.CC.CC.Cc1ccccc1C. The Morgan fingerprint density at radius 1 is 0.812 bits per heavy atom. The molecule has 2 nitrogen and oxygen atoms in total. The second-order valence-electron chi connectivity index (χ2n) is 6.75. The molecule has 1 unspecified atom stereocenters. The summed E-state index contributed by atoms with van der Waals surface area (Å²) in [5, 5.41) is 3.34. The maximum absolute atomic E-state index is 6.25. The van der Waals surface area contributed by atoms with Crippen LogP contribution in [0.4, 0.5) is 0 Å². The van der Waals surface area contributed by atoms with Crippen molar-refractivity contribution in [1.82, 2.24) is 5.32 Å². The van der Waals surface area contributed by atoms with Gasteiger partial charge in [0.1, 0.15) is 0 Å². The van der Waals surface area contributed by atoms with E-state index in [9.17, 15) is 0 Å². The van der Waals surface area contributed by atoms with Crippen LogP contribution >= 0.6 is 0 Å². The first-order valence-electron chi connectivity index (χ1n) is 11.5. The van der Waals surface area contributed by atoms with E-state index < -0.39 is 0 Å². The maximum atomic E-state index is 6.25. The van der Waals surface area contributed by atoms with Crippen LogP contribution < -0.4 is 11.1 Å². The molecular formula is C30H42N2. The molecule has 1 atom stereocenters. The Morgan fingerprint density at radius 3 is 1.78 bits per heavy atom. The summed E-state index contributed by atoms with van der Waals surface area (Å²) < 4.78 is 0. The van der Waals surface area contributed by atoms with Crippen LogP contribution in [0.25, 0.3) is 5.57 Å². The number of rotatable bonds is 6. The molecule has 3 N–H and O–H groups in total. The van der Waals surface area contributed by atoms with Gasteiger partial charge in [0, 0.05) is 6.54 Å². The van der Waals surface area contributed by atoms with Crippen LogP contribution in [0.1, 0.15) is 61.7 Å². The van der Waals surface area contributed by atoms with E-state index in [2.05, 4.69) is 68.7 Å². The topological polar surface area (TPSA) is 38.0 Å². The molecule has 32 heavy (non-hydrogen) atoms. The van der Waals surface area contributed by atoms with Crippen molar-refractivity contribution in [2.75, 3.05) is 0 Å². The highest BCUT2D eigenvalue weighted by Gasteiger charge is 2.10. The summed E-state index contributed by atoms with van der Waals surface area (Å²) in [4.78, 5) is 0. The zero-order valence-electron chi connectivity index (χ0n) is 20.9. The number of aryl methyl sites for hydroxylation is 2. The van der Waals surface area contributed by atoms with E-state index in [1.54, 1.807) is 6.08 Å². The molecule has 3 aromatic rings. The normalized spacial score (nSPS) is 10.1. The second-order valence-corrected chi connectivity index (χ2v) is 6.75. The molecular weight excluding hydrogens is 388 g/mol. The molecule has 0 aliphatic carbocycles. The van der Waals surface area contributed by atoms with E-state index in [0.29, 0.717) is 0 Å². The van der Waals surface area contributed by atoms with Gasteiger partial charge in [0.25, 0.3) is 0 Å². The number of hydrogen-bond acceptors (Lipinski definition) is 2. The predicted molar refractivity (Wildman–Crippen MR) is 144 cm³/mol. The molecule has 0 saturated carbocycles. The Kier molecular flexibility index (Phi) is 16.1. The zero-order valence-corrected chi connectivity index (χ0v) is 20.9. The zero-order chi connectivity index (χ0) is 24.4. The third kappa shape index (κ3) is 10.4. The minimum atomic E-state index is -0.233. The molecule has 3 aromatic carbocycles. The van der Waals surface area contributed by atoms with Crippen molar-refractivity contribution in [2.45, 2.75) is 54.3 Å². The fourth-order valence-corrected chi connectivity index (χ4v) is 2.77. The van der Waals surface area contributed by atoms with E-state index in [4.69, 9.17) is 5.73 Å². The number of benzene rings is 3. The van der Waals surface area contributed by atoms with E-state index in [1.807, 2.05) is 70.2 Å². The third-order valence-corrected chi connectivity index (χ3v) is 4.68. The van der Waals surface area contributed by atoms with Crippen molar-refractivity contribution in [3.05, 3.63) is 126 Å². The summed E-state index contributed by atoms with van der Waals surface area (Å²) >= 11 is 0. The Balaban J connectivity index is 0.000000666. The lowest BCUT2D eigenvalue weighted by Crippen LogP contribution is -2.29. The molecule has 172 valence electrons. The van der Waals surface area contributed by atoms with Gasteiger partial charge in [-0.15, -0.1) is 0 Å². The van der Waals surface area contributed by atoms with Crippen molar-refractivity contribution in [3.63, 3.8) is 0 Å². The predicted octanol–water partition coefficient (Wildman–Crippen LogP) is 7.99. The smallest absolute Gasteiger partial charge is 0.0818 e. The average molecular weight is 431 g/mol. The van der Waals surface area contributed by atoms with Gasteiger partial charge in [0.2, 0.25) is 0 Å². The van der Waals surface area contributed by atoms with Gasteiger partial charge in [-0.1, -0.05) is 126 Å². The molecule has 0 aliphatic heterocycles. The number of nitrogens with two attached hydrogens (primary N) is 1. The van der Waals surface area contributed by atoms with Crippen LogP contribution in [0.15, 0.2) is 98.1 Å². The minimum Gasteiger partial charge on any atom is -0.312 e. The highest BCUT2D eigenvalue weighted by molar-refractivity contribution is 5.73. The molecule has 2 heteroatoms. The first-order chi connectivity index (χ1) is 15.5. The number of hydrogen-bond donors (Lipinski definition) is 2. The molecule has 0 aliphatic rings. The van der Waals surface area contributed by atoms with Gasteiger partial charge in [-0.3, -0.25) is 5.32 Å². The molecule has 0 heterocycles. The van der Waals surface area contributed by atoms with Gasteiger partial charge < -0.3 is 5.73 Å². The first kappa shape index (κ1) is 29.1. The number of nitrogens with one attached hydrogen (secondary N) is 1. The van der Waals surface area contributed by atoms with E-state index in [1.165, 1.54) is 16.7 Å². The Bertz CT molecular complexity index is 876. The lowest BCUT2D eigenvalue weighted by atomic mass is 9.99. The average Bonchev–Trinajstić information content (AvgIpc) is 2.87. The van der Waals surface area contributed by atoms with Crippen LogP contribution in [-0.4, -0.2) is 0 Å². The van der Waals surface area contributed by atoms with Crippen LogP contribution in [0, 0.1) is 13.8 Å². The molecule has 0 amide bonds. The summed E-state index contributed by atoms with van der Waals surface area (Å²) in [6.07, 6.45) is 1.52. The van der Waals surface area contributed by atoms with Crippen molar-refractivity contribution >= 4 is 5.57 Å². The Labute approximate surface area is 196 Å². The number of allylic oxidation sites excluding steroid dienone is 2. The van der Waals surface area contributed by atoms with Crippen LogP contribution in [0.3, 0.4) is 0 Å². The van der Waals surface area contributed by atoms with Crippen molar-refractivity contribution in [3.8, 4) is 0 Å². The van der Waals surface area contributed by atoms with Crippen LogP contribution in [0.2, 0.25) is 0 Å². The monoisotopic (exact) mass is 430 g/mol. The molecule has 0 aromatic heterocycles. The summed E-state index contributed by atoms with van der Waals surface area (Å²) in [5.74, 6) is 0. The van der Waals surface area contributed by atoms with Crippen LogP contribution in [0.5, 0.6) is 0 Å². The van der Waals surface area contributed by atoms with Gasteiger partial charge in [-0.05, 0) is 47.2 Å². The first-order valence-corrected chi connectivity index (χ1v) is 11.5. The molecule has 0 fully saturated rings. The van der Waals surface area contributed by atoms with Crippen molar-refractivity contribution in [1.29, 1.82) is 0 Å². The van der Waals surface area contributed by atoms with E-state index in [-0.39, 0.29) is 6.17 Å². The van der Waals surface area contributed by atoms with E-state index in [0.717, 1.165) is 23.2 Å². The van der Waals surface area contributed by atoms with Crippen molar-refractivity contribution in [2.24, 2.45) is 5.73 Å². The molecule has 0 saturated heterocycles. The second kappa shape index (κ2) is 17.7. The summed E-state index contributed by atoms with van der Waals surface area (Å²) in [7, 11) is 0. The van der Waals surface area contributed by atoms with Crippen molar-refractivity contribution < 1.29 is 0 Å². The summed E-state index contributed by atoms with van der Waals surface area (Å²) in [5.41, 5.74) is 13.2. The fraction of sp³-hybridized carbons (Fsp3) is 0.267. The lowest BCUT2D eigenvalue weighted by Gasteiger charge is -2.18. The molecule has 3 rings (SSSR count). The highest BCUT2D eigenvalue weighted by atomic mass is 15.0.